The second-order valence-electron chi connectivity index (χ2n) is 5.11. The molecule has 5 heteroatoms. The third kappa shape index (κ3) is 3.53. The maximum atomic E-state index is 12.1. The second-order valence-corrected chi connectivity index (χ2v) is 5.91. The highest BCUT2D eigenvalue weighted by molar-refractivity contribution is 9.10. The van der Waals surface area contributed by atoms with E-state index in [-0.39, 0.29) is 11.5 Å². The molecule has 0 bridgehead atoms. The molecule has 0 saturated heterocycles. The van der Waals surface area contributed by atoms with Crippen molar-refractivity contribution in [2.24, 2.45) is 0 Å². The summed E-state index contributed by atoms with van der Waals surface area (Å²) in [5, 5.41) is 0. The minimum Gasteiger partial charge on any atom is -0.493 e. The summed E-state index contributed by atoms with van der Waals surface area (Å²) in [5.41, 5.74) is 1.38. The van der Waals surface area contributed by atoms with E-state index in [2.05, 4.69) is 32.8 Å². The number of aromatic nitrogens is 2. The Labute approximate surface area is 132 Å². The molecule has 21 heavy (non-hydrogen) atoms. The minimum absolute atomic E-state index is 0.157. The van der Waals surface area contributed by atoms with Crippen LogP contribution in [0.2, 0.25) is 0 Å². The van der Waals surface area contributed by atoms with Crippen LogP contribution >= 0.6 is 15.9 Å². The Kier molecular flexibility index (Phi) is 5.17. The van der Waals surface area contributed by atoms with Crippen LogP contribution in [0.1, 0.15) is 38.8 Å². The summed E-state index contributed by atoms with van der Waals surface area (Å²) < 4.78 is 6.23. The molecule has 1 heterocycles. The lowest BCUT2D eigenvalue weighted by Crippen LogP contribution is -2.14. The van der Waals surface area contributed by atoms with Gasteiger partial charge >= 0.3 is 0 Å². The Bertz CT molecular complexity index is 680. The third-order valence-corrected chi connectivity index (χ3v) is 3.81. The van der Waals surface area contributed by atoms with Crippen LogP contribution in [0, 0.1) is 0 Å². The van der Waals surface area contributed by atoms with Crippen LogP contribution in [0.25, 0.3) is 11.4 Å². The van der Waals surface area contributed by atoms with Gasteiger partial charge in [0.2, 0.25) is 0 Å². The van der Waals surface area contributed by atoms with E-state index in [4.69, 9.17) is 4.74 Å². The molecule has 1 aromatic heterocycles. The summed E-state index contributed by atoms with van der Waals surface area (Å²) in [5.74, 6) is 1.43. The Balaban J connectivity index is 2.54. The summed E-state index contributed by atoms with van der Waals surface area (Å²) in [6.45, 7) is 6.71. The zero-order valence-electron chi connectivity index (χ0n) is 12.4. The lowest BCUT2D eigenvalue weighted by atomic mass is 10.1. The lowest BCUT2D eigenvalue weighted by molar-refractivity contribution is 0.318. The molecule has 2 rings (SSSR count). The molecule has 1 N–H and O–H groups in total. The zero-order chi connectivity index (χ0) is 15.4. The summed E-state index contributed by atoms with van der Waals surface area (Å²) in [6.07, 6.45) is 0.926. The number of nitrogens with zero attached hydrogens (tertiary/aromatic N) is 1. The molecule has 0 aliphatic carbocycles. The number of ether oxygens (including phenoxy) is 1. The molecule has 0 spiro atoms. The van der Waals surface area contributed by atoms with Crippen molar-refractivity contribution in [2.45, 2.75) is 33.1 Å². The normalized spacial score (nSPS) is 10.9. The fraction of sp³-hybridized carbons (Fsp3) is 0.375. The van der Waals surface area contributed by atoms with Gasteiger partial charge in [0.15, 0.2) is 0 Å². The van der Waals surface area contributed by atoms with Gasteiger partial charge < -0.3 is 9.72 Å². The number of rotatable bonds is 5. The maximum absolute atomic E-state index is 12.1. The monoisotopic (exact) mass is 350 g/mol. The molecule has 0 amide bonds. The smallest absolute Gasteiger partial charge is 0.265 e. The zero-order valence-corrected chi connectivity index (χ0v) is 14.0. The van der Waals surface area contributed by atoms with Crippen LogP contribution in [-0.2, 0) is 0 Å². The van der Waals surface area contributed by atoms with Crippen LogP contribution in [0.5, 0.6) is 5.75 Å². The molecule has 1 aromatic carbocycles. The van der Waals surface area contributed by atoms with Crippen molar-refractivity contribution < 1.29 is 4.74 Å². The average molecular weight is 351 g/mol. The van der Waals surface area contributed by atoms with Crippen molar-refractivity contribution in [3.63, 3.8) is 0 Å². The van der Waals surface area contributed by atoms with Gasteiger partial charge in [0, 0.05) is 0 Å². The molecular formula is C16H19BrN2O2. The first kappa shape index (κ1) is 15.8. The molecule has 0 aliphatic heterocycles. The van der Waals surface area contributed by atoms with E-state index in [1.54, 1.807) is 0 Å². The molecular weight excluding hydrogens is 332 g/mol. The van der Waals surface area contributed by atoms with E-state index in [1.807, 2.05) is 38.1 Å². The number of halogens is 1. The lowest BCUT2D eigenvalue weighted by Gasteiger charge is -2.13. The molecule has 0 fully saturated rings. The predicted octanol–water partition coefficient (Wildman–Crippen LogP) is 4.11. The highest BCUT2D eigenvalue weighted by Gasteiger charge is 2.15. The molecule has 0 saturated carbocycles. The number of aromatic amines is 1. The quantitative estimate of drug-likeness (QED) is 0.882. The van der Waals surface area contributed by atoms with Gasteiger partial charge in [-0.2, -0.15) is 0 Å². The highest BCUT2D eigenvalue weighted by atomic mass is 79.9. The van der Waals surface area contributed by atoms with E-state index < -0.39 is 0 Å². The van der Waals surface area contributed by atoms with Crippen LogP contribution in [0.15, 0.2) is 33.5 Å². The van der Waals surface area contributed by atoms with Gasteiger partial charge in [0.05, 0.1) is 17.9 Å². The van der Waals surface area contributed by atoms with Gasteiger partial charge in [0.1, 0.15) is 16.0 Å². The van der Waals surface area contributed by atoms with Gasteiger partial charge in [-0.1, -0.05) is 32.9 Å². The number of H-pyrrole nitrogens is 1. The van der Waals surface area contributed by atoms with Crippen LogP contribution in [0.4, 0.5) is 0 Å². The minimum atomic E-state index is -0.172. The molecule has 0 aliphatic rings. The third-order valence-electron chi connectivity index (χ3n) is 3.04. The number of hydrogen-bond acceptors (Lipinski definition) is 3. The van der Waals surface area contributed by atoms with Crippen LogP contribution < -0.4 is 10.3 Å². The van der Waals surface area contributed by atoms with Gasteiger partial charge in [-0.05, 0) is 40.4 Å². The molecule has 0 radical (unpaired) electrons. The van der Waals surface area contributed by atoms with Crippen molar-refractivity contribution in [3.8, 4) is 17.1 Å². The predicted molar refractivity (Wildman–Crippen MR) is 87.9 cm³/mol. The number of hydrogen-bond donors (Lipinski definition) is 1. The van der Waals surface area contributed by atoms with Gasteiger partial charge in [-0.25, -0.2) is 4.98 Å². The van der Waals surface area contributed by atoms with Crippen molar-refractivity contribution in [2.75, 3.05) is 6.61 Å². The first-order valence-corrected chi connectivity index (χ1v) is 7.85. The van der Waals surface area contributed by atoms with Gasteiger partial charge in [-0.15, -0.1) is 0 Å². The fourth-order valence-electron chi connectivity index (χ4n) is 1.99. The average Bonchev–Trinajstić information content (AvgIpc) is 2.47. The SMILES string of the molecule is CCCOc1ccccc1-c1nc(C(C)C)c(Br)c(=O)[nH]1. The first-order valence-electron chi connectivity index (χ1n) is 7.06. The second kappa shape index (κ2) is 6.89. The van der Waals surface area contributed by atoms with E-state index >= 15 is 0 Å². The van der Waals surface area contributed by atoms with E-state index in [9.17, 15) is 4.79 Å². The van der Waals surface area contributed by atoms with Crippen molar-refractivity contribution in [3.05, 3.63) is 44.8 Å². The van der Waals surface area contributed by atoms with E-state index in [0.29, 0.717) is 16.9 Å². The largest absolute Gasteiger partial charge is 0.493 e. The van der Waals surface area contributed by atoms with Crippen molar-refractivity contribution >= 4 is 15.9 Å². The number of benzene rings is 1. The van der Waals surface area contributed by atoms with Crippen LogP contribution in [-0.4, -0.2) is 16.6 Å². The van der Waals surface area contributed by atoms with Crippen LogP contribution in [0.3, 0.4) is 0 Å². The summed E-state index contributed by atoms with van der Waals surface area (Å²) in [7, 11) is 0. The van der Waals surface area contributed by atoms with Crippen molar-refractivity contribution in [1.29, 1.82) is 0 Å². The highest BCUT2D eigenvalue weighted by Crippen LogP contribution is 2.29. The number of nitrogens with one attached hydrogen (secondary N) is 1. The number of para-hydroxylation sites is 1. The Morgan fingerprint density at radius 1 is 1.33 bits per heavy atom. The standard InChI is InChI=1S/C16H19BrN2O2/c1-4-9-21-12-8-6-5-7-11(12)15-18-14(10(2)3)13(17)16(20)19-15/h5-8,10H,4,9H2,1-3H3,(H,18,19,20). The van der Waals surface area contributed by atoms with E-state index in [0.717, 1.165) is 23.4 Å². The Morgan fingerprint density at radius 3 is 2.71 bits per heavy atom. The molecule has 4 nitrogen and oxygen atoms in total. The molecule has 0 unspecified atom stereocenters. The summed E-state index contributed by atoms with van der Waals surface area (Å²) in [6, 6.07) is 7.61. The molecule has 2 aromatic rings. The molecule has 0 atom stereocenters. The summed E-state index contributed by atoms with van der Waals surface area (Å²) in [4.78, 5) is 19.5. The van der Waals surface area contributed by atoms with Gasteiger partial charge in [-0.3, -0.25) is 4.79 Å². The summed E-state index contributed by atoms with van der Waals surface area (Å²) >= 11 is 3.31. The van der Waals surface area contributed by atoms with E-state index in [1.165, 1.54) is 0 Å². The molecule has 112 valence electrons. The van der Waals surface area contributed by atoms with Crippen molar-refractivity contribution in [1.82, 2.24) is 9.97 Å². The van der Waals surface area contributed by atoms with Gasteiger partial charge in [0.25, 0.3) is 5.56 Å². The maximum Gasteiger partial charge on any atom is 0.265 e. The first-order chi connectivity index (χ1) is 10.0. The topological polar surface area (TPSA) is 55.0 Å². The fourth-order valence-corrected chi connectivity index (χ4v) is 2.63. The Hall–Kier alpha value is -1.62. The Morgan fingerprint density at radius 2 is 2.05 bits per heavy atom.